The number of aromatic nitrogens is 1. The highest BCUT2D eigenvalue weighted by Gasteiger charge is 2.26. The molecule has 0 saturated heterocycles. The highest BCUT2D eigenvalue weighted by molar-refractivity contribution is 7.92. The third-order valence-electron chi connectivity index (χ3n) is 4.87. The fourth-order valence-corrected chi connectivity index (χ4v) is 4.52. The number of rotatable bonds is 1. The summed E-state index contributed by atoms with van der Waals surface area (Å²) in [6, 6.07) is 7.20. The number of cyclic esters (lactones) is 1. The van der Waals surface area contributed by atoms with Crippen molar-refractivity contribution in [1.82, 2.24) is 4.98 Å². The number of nitrogens with zero attached hydrogens (tertiary/aromatic N) is 1. The van der Waals surface area contributed by atoms with E-state index in [1.807, 2.05) is 0 Å². The summed E-state index contributed by atoms with van der Waals surface area (Å²) in [6.45, 7) is -0.193. The predicted octanol–water partition coefficient (Wildman–Crippen LogP) is 3.25. The molecule has 0 fully saturated rings. The Bertz CT molecular complexity index is 1340. The number of sulfonamides is 1. The molecule has 1 aliphatic rings. The largest absolute Gasteiger partial charge is 0.504 e. The van der Waals surface area contributed by atoms with Gasteiger partial charge in [-0.15, -0.1) is 0 Å². The van der Waals surface area contributed by atoms with E-state index in [9.17, 15) is 27.1 Å². The number of carbonyl (C=O) groups is 1. The van der Waals surface area contributed by atoms with E-state index in [2.05, 4.69) is 9.71 Å². The molecule has 4 bridgehead atoms. The van der Waals surface area contributed by atoms with Gasteiger partial charge in [0.1, 0.15) is 10.6 Å². The second-order valence-corrected chi connectivity index (χ2v) is 8.53. The van der Waals surface area contributed by atoms with Crippen LogP contribution in [-0.4, -0.2) is 38.2 Å². The Kier molecular flexibility index (Phi) is 5.43. The average molecular weight is 462 g/mol. The van der Waals surface area contributed by atoms with Gasteiger partial charge in [-0.1, -0.05) is 6.07 Å². The van der Waals surface area contributed by atoms with Gasteiger partial charge in [0.25, 0.3) is 10.0 Å². The lowest BCUT2D eigenvalue weighted by molar-refractivity contribution is 0.0508. The van der Waals surface area contributed by atoms with Crippen molar-refractivity contribution in [3.8, 4) is 22.6 Å². The van der Waals surface area contributed by atoms with Crippen molar-refractivity contribution >= 4 is 21.7 Å². The first-order valence-electron chi connectivity index (χ1n) is 9.25. The van der Waals surface area contributed by atoms with E-state index in [0.29, 0.717) is 22.8 Å². The number of phenols is 1. The highest BCUT2D eigenvalue weighted by atomic mass is 32.2. The summed E-state index contributed by atoms with van der Waals surface area (Å²) in [5.41, 5.74) is 0.970. The topological polar surface area (TPSA) is 115 Å². The van der Waals surface area contributed by atoms with Crippen molar-refractivity contribution < 1.29 is 36.6 Å². The number of nitrogens with one attached hydrogen (secondary N) is 1. The Hall–Kier alpha value is -3.73. The lowest BCUT2D eigenvalue weighted by Gasteiger charge is -2.17. The number of aromatic hydroxyl groups is 1. The fraction of sp³-hybridized carbons (Fsp3) is 0.143. The minimum Gasteiger partial charge on any atom is -0.504 e. The van der Waals surface area contributed by atoms with Crippen LogP contribution in [0.4, 0.5) is 14.5 Å². The molecule has 0 aliphatic carbocycles. The Morgan fingerprint density at radius 1 is 1.16 bits per heavy atom. The molecule has 2 aromatic carbocycles. The van der Waals surface area contributed by atoms with E-state index in [1.54, 1.807) is 6.07 Å². The number of halogens is 2. The van der Waals surface area contributed by atoms with Crippen molar-refractivity contribution in [3.05, 3.63) is 65.5 Å². The van der Waals surface area contributed by atoms with Gasteiger partial charge < -0.3 is 14.6 Å². The lowest BCUT2D eigenvalue weighted by Crippen LogP contribution is -2.17. The zero-order valence-corrected chi connectivity index (χ0v) is 17.4. The smallest absolute Gasteiger partial charge is 0.338 e. The molecule has 4 rings (SSSR count). The maximum atomic E-state index is 14.2. The monoisotopic (exact) mass is 462 g/mol. The van der Waals surface area contributed by atoms with Gasteiger partial charge in [0.2, 0.25) is 5.95 Å². The van der Waals surface area contributed by atoms with Gasteiger partial charge in [-0.25, -0.2) is 22.6 Å². The van der Waals surface area contributed by atoms with Crippen LogP contribution in [0.2, 0.25) is 0 Å². The Balaban J connectivity index is 1.96. The zero-order valence-electron chi connectivity index (χ0n) is 16.6. The first-order chi connectivity index (χ1) is 15.2. The number of phenolic OH excluding ortho intramolecular Hbond substituents is 1. The van der Waals surface area contributed by atoms with Crippen LogP contribution in [0.15, 0.2) is 47.5 Å². The van der Waals surface area contributed by atoms with E-state index < -0.39 is 44.0 Å². The molecule has 1 aliphatic heterocycles. The summed E-state index contributed by atoms with van der Waals surface area (Å²) >= 11 is 0. The summed E-state index contributed by atoms with van der Waals surface area (Å²) in [7, 11) is -3.24. The van der Waals surface area contributed by atoms with E-state index in [1.165, 1.54) is 31.5 Å². The number of hydrogen-bond donors (Lipinski definition) is 2. The summed E-state index contributed by atoms with van der Waals surface area (Å²) in [6.07, 6.45) is 1.39. The molecule has 0 atom stereocenters. The number of fused-ring (bicyclic) bond motifs is 6. The first kappa shape index (κ1) is 21.5. The molecule has 0 unspecified atom stereocenters. The maximum absolute atomic E-state index is 14.2. The van der Waals surface area contributed by atoms with E-state index >= 15 is 0 Å². The van der Waals surface area contributed by atoms with E-state index in [0.717, 1.165) is 6.07 Å². The normalized spacial score (nSPS) is 15.0. The molecule has 0 amide bonds. The van der Waals surface area contributed by atoms with Gasteiger partial charge in [-0.3, -0.25) is 4.72 Å². The standard InChI is InChI=1S/C21H16F2N2O6S/c1-30-17-3-2-11-7-16(17)25-32(28,29)18-8-13(6-15(22)20(18)26)21(27)31-5-4-12-9-19(23)24-10-14(11)12/h2-3,6-10,25-26H,4-5H2,1H3. The molecule has 3 aromatic rings. The molecule has 11 heteroatoms. The van der Waals surface area contributed by atoms with Crippen molar-refractivity contribution in [3.63, 3.8) is 0 Å². The van der Waals surface area contributed by atoms with Crippen LogP contribution < -0.4 is 9.46 Å². The van der Waals surface area contributed by atoms with Gasteiger partial charge in [-0.05, 0) is 41.5 Å². The summed E-state index contributed by atoms with van der Waals surface area (Å²) in [5.74, 6) is -4.08. The van der Waals surface area contributed by atoms with Gasteiger partial charge in [-0.2, -0.15) is 4.39 Å². The number of hydrogen-bond acceptors (Lipinski definition) is 7. The minimum absolute atomic E-state index is 0.0230. The minimum atomic E-state index is -4.56. The summed E-state index contributed by atoms with van der Waals surface area (Å²) < 4.78 is 66.5. The molecule has 0 spiro atoms. The first-order valence-corrected chi connectivity index (χ1v) is 10.7. The van der Waals surface area contributed by atoms with Crippen LogP contribution in [-0.2, 0) is 21.2 Å². The molecule has 0 radical (unpaired) electrons. The molecule has 8 nitrogen and oxygen atoms in total. The zero-order chi connectivity index (χ0) is 23.0. The fourth-order valence-electron chi connectivity index (χ4n) is 3.32. The van der Waals surface area contributed by atoms with Gasteiger partial charge in [0.05, 0.1) is 25.0 Å². The molecule has 1 aromatic heterocycles. The molecule has 2 heterocycles. The summed E-state index contributed by atoms with van der Waals surface area (Å²) in [4.78, 5) is 15.2. The van der Waals surface area contributed by atoms with Crippen LogP contribution in [0, 0.1) is 11.8 Å². The second-order valence-electron chi connectivity index (χ2n) is 6.88. The molecular formula is C21H16F2N2O6S. The average Bonchev–Trinajstić information content (AvgIpc) is 2.74. The third kappa shape index (κ3) is 3.94. The van der Waals surface area contributed by atoms with Crippen molar-refractivity contribution in [2.45, 2.75) is 11.3 Å². The molecule has 166 valence electrons. The molecule has 32 heavy (non-hydrogen) atoms. The number of esters is 1. The second kappa shape index (κ2) is 8.08. The Morgan fingerprint density at radius 2 is 1.94 bits per heavy atom. The predicted molar refractivity (Wildman–Crippen MR) is 109 cm³/mol. The van der Waals surface area contributed by atoms with Crippen LogP contribution >= 0.6 is 0 Å². The molecular weight excluding hydrogens is 446 g/mol. The van der Waals surface area contributed by atoms with Crippen LogP contribution in [0.5, 0.6) is 11.5 Å². The van der Waals surface area contributed by atoms with Gasteiger partial charge >= 0.3 is 5.97 Å². The number of anilines is 1. The SMILES string of the molecule is COc1ccc2cc1NS(=O)(=O)c1cc(cc(F)c1O)C(=O)OCCc1cc(F)ncc1-2. The number of pyridine rings is 1. The van der Waals surface area contributed by atoms with E-state index in [-0.39, 0.29) is 24.5 Å². The maximum Gasteiger partial charge on any atom is 0.338 e. The van der Waals surface area contributed by atoms with Gasteiger partial charge in [0.15, 0.2) is 11.6 Å². The Labute approximate surface area is 181 Å². The van der Waals surface area contributed by atoms with Crippen molar-refractivity contribution in [1.29, 1.82) is 0 Å². The quantitative estimate of drug-likeness (QED) is 0.421. The summed E-state index contributed by atoms with van der Waals surface area (Å²) in [5, 5.41) is 10.0. The van der Waals surface area contributed by atoms with Gasteiger partial charge in [0, 0.05) is 18.2 Å². The van der Waals surface area contributed by atoms with Crippen LogP contribution in [0.1, 0.15) is 15.9 Å². The highest BCUT2D eigenvalue weighted by Crippen LogP contribution is 2.36. The van der Waals surface area contributed by atoms with Crippen LogP contribution in [0.25, 0.3) is 11.1 Å². The number of ether oxygens (including phenoxy) is 2. The number of methoxy groups -OCH3 is 1. The van der Waals surface area contributed by atoms with E-state index in [4.69, 9.17) is 9.47 Å². The Morgan fingerprint density at radius 3 is 2.69 bits per heavy atom. The lowest BCUT2D eigenvalue weighted by atomic mass is 9.99. The van der Waals surface area contributed by atoms with Crippen LogP contribution in [0.3, 0.4) is 0 Å². The van der Waals surface area contributed by atoms with Crippen molar-refractivity contribution in [2.24, 2.45) is 0 Å². The molecule has 2 N–H and O–H groups in total. The molecule has 0 saturated carbocycles. The van der Waals surface area contributed by atoms with Crippen molar-refractivity contribution in [2.75, 3.05) is 18.4 Å². The third-order valence-corrected chi connectivity index (χ3v) is 6.25. The number of carbonyl (C=O) groups excluding carboxylic acids is 1. The number of benzene rings is 2.